The first-order chi connectivity index (χ1) is 6.91. The van der Waals surface area contributed by atoms with E-state index in [0.29, 0.717) is 5.56 Å². The topological polar surface area (TPSA) is 34.1 Å². The third kappa shape index (κ3) is 2.75. The standard InChI is InChI=1S/C13H16O2/c1-8-5-9(2)11(4)12(6-8)13(15)7-10(3)14/h5-6H,7H2,1-4H3. The van der Waals surface area contributed by atoms with E-state index in [4.69, 9.17) is 0 Å². The number of carbonyl (C=O) groups is 2. The number of aryl methyl sites for hydroxylation is 2. The number of hydrogen-bond donors (Lipinski definition) is 0. The Kier molecular flexibility index (Phi) is 3.40. The van der Waals surface area contributed by atoms with Gasteiger partial charge in [-0.15, -0.1) is 0 Å². The molecule has 2 nitrogen and oxygen atoms in total. The molecule has 0 aliphatic carbocycles. The highest BCUT2D eigenvalue weighted by Crippen LogP contribution is 2.17. The maximum Gasteiger partial charge on any atom is 0.170 e. The van der Waals surface area contributed by atoms with E-state index < -0.39 is 0 Å². The van der Waals surface area contributed by atoms with Crippen molar-refractivity contribution in [3.63, 3.8) is 0 Å². The van der Waals surface area contributed by atoms with Gasteiger partial charge in [0.25, 0.3) is 0 Å². The van der Waals surface area contributed by atoms with Gasteiger partial charge in [-0.3, -0.25) is 9.59 Å². The molecule has 0 saturated carbocycles. The van der Waals surface area contributed by atoms with Gasteiger partial charge in [-0.2, -0.15) is 0 Å². The summed E-state index contributed by atoms with van der Waals surface area (Å²) >= 11 is 0. The molecule has 0 heterocycles. The van der Waals surface area contributed by atoms with Crippen LogP contribution in [0.25, 0.3) is 0 Å². The van der Waals surface area contributed by atoms with Gasteiger partial charge >= 0.3 is 0 Å². The van der Waals surface area contributed by atoms with E-state index in [1.807, 2.05) is 32.9 Å². The summed E-state index contributed by atoms with van der Waals surface area (Å²) in [6, 6.07) is 3.90. The maximum atomic E-state index is 11.8. The van der Waals surface area contributed by atoms with E-state index in [2.05, 4.69) is 0 Å². The highest BCUT2D eigenvalue weighted by molar-refractivity contribution is 6.08. The van der Waals surface area contributed by atoms with E-state index in [1.165, 1.54) is 6.92 Å². The summed E-state index contributed by atoms with van der Waals surface area (Å²) in [5.74, 6) is -0.162. The second-order valence-corrected chi connectivity index (χ2v) is 4.06. The maximum absolute atomic E-state index is 11.8. The van der Waals surface area contributed by atoms with Crippen molar-refractivity contribution in [3.05, 3.63) is 34.4 Å². The summed E-state index contributed by atoms with van der Waals surface area (Å²) in [6.07, 6.45) is 0.00370. The second-order valence-electron chi connectivity index (χ2n) is 4.06. The molecular formula is C13H16O2. The van der Waals surface area contributed by atoms with Crippen molar-refractivity contribution in [1.29, 1.82) is 0 Å². The quantitative estimate of drug-likeness (QED) is 0.560. The first-order valence-corrected chi connectivity index (χ1v) is 5.02. The zero-order valence-electron chi connectivity index (χ0n) is 9.68. The van der Waals surface area contributed by atoms with Crippen LogP contribution in [0.15, 0.2) is 12.1 Å². The van der Waals surface area contributed by atoms with Crippen LogP contribution >= 0.6 is 0 Å². The second kappa shape index (κ2) is 4.39. The molecule has 0 aliphatic rings. The molecule has 80 valence electrons. The molecular weight excluding hydrogens is 188 g/mol. The Bertz CT molecular complexity index is 417. The lowest BCUT2D eigenvalue weighted by atomic mass is 9.95. The van der Waals surface area contributed by atoms with Gasteiger partial charge in [-0.25, -0.2) is 0 Å². The Morgan fingerprint density at radius 1 is 1.13 bits per heavy atom. The van der Waals surface area contributed by atoms with Crippen LogP contribution in [-0.4, -0.2) is 11.6 Å². The molecule has 0 atom stereocenters. The summed E-state index contributed by atoms with van der Waals surface area (Å²) in [5.41, 5.74) is 3.82. The summed E-state index contributed by atoms with van der Waals surface area (Å²) in [6.45, 7) is 7.29. The zero-order valence-corrected chi connectivity index (χ0v) is 9.68. The van der Waals surface area contributed by atoms with Crippen molar-refractivity contribution in [1.82, 2.24) is 0 Å². The molecule has 0 radical (unpaired) electrons. The van der Waals surface area contributed by atoms with Gasteiger partial charge in [-0.05, 0) is 44.9 Å². The first kappa shape index (κ1) is 11.6. The fourth-order valence-corrected chi connectivity index (χ4v) is 1.65. The van der Waals surface area contributed by atoms with Crippen molar-refractivity contribution in [3.8, 4) is 0 Å². The SMILES string of the molecule is CC(=O)CC(=O)c1cc(C)cc(C)c1C. The number of ketones is 2. The largest absolute Gasteiger partial charge is 0.300 e. The first-order valence-electron chi connectivity index (χ1n) is 5.02. The van der Waals surface area contributed by atoms with Gasteiger partial charge in [0, 0.05) is 5.56 Å². The van der Waals surface area contributed by atoms with E-state index in [9.17, 15) is 9.59 Å². The molecule has 1 aromatic rings. The van der Waals surface area contributed by atoms with Crippen LogP contribution in [0.4, 0.5) is 0 Å². The molecule has 2 heteroatoms. The van der Waals surface area contributed by atoms with Gasteiger partial charge in [-0.1, -0.05) is 11.6 Å². The summed E-state index contributed by atoms with van der Waals surface area (Å²) in [4.78, 5) is 22.6. The summed E-state index contributed by atoms with van der Waals surface area (Å²) in [5, 5.41) is 0. The van der Waals surface area contributed by atoms with Gasteiger partial charge in [0.2, 0.25) is 0 Å². The van der Waals surface area contributed by atoms with Crippen molar-refractivity contribution < 1.29 is 9.59 Å². The molecule has 0 unspecified atom stereocenters. The van der Waals surface area contributed by atoms with E-state index >= 15 is 0 Å². The molecule has 0 amide bonds. The molecule has 0 fully saturated rings. The van der Waals surface area contributed by atoms with Gasteiger partial charge in [0.15, 0.2) is 5.78 Å². The third-order valence-electron chi connectivity index (χ3n) is 2.52. The lowest BCUT2D eigenvalue weighted by Crippen LogP contribution is -2.08. The van der Waals surface area contributed by atoms with Gasteiger partial charge < -0.3 is 0 Å². The Hall–Kier alpha value is -1.44. The third-order valence-corrected chi connectivity index (χ3v) is 2.52. The smallest absolute Gasteiger partial charge is 0.170 e. The fraction of sp³-hybridized carbons (Fsp3) is 0.385. The van der Waals surface area contributed by atoms with Crippen molar-refractivity contribution in [2.75, 3.05) is 0 Å². The predicted molar refractivity (Wildman–Crippen MR) is 60.3 cm³/mol. The predicted octanol–water partition coefficient (Wildman–Crippen LogP) is 2.77. The minimum atomic E-state index is -0.0847. The minimum Gasteiger partial charge on any atom is -0.300 e. The van der Waals surface area contributed by atoms with Crippen LogP contribution < -0.4 is 0 Å². The molecule has 0 aliphatic heterocycles. The van der Waals surface area contributed by atoms with Gasteiger partial charge in [0.05, 0.1) is 6.42 Å². The van der Waals surface area contributed by atoms with Crippen molar-refractivity contribution >= 4 is 11.6 Å². The van der Waals surface area contributed by atoms with Crippen LogP contribution in [0.5, 0.6) is 0 Å². The molecule has 1 aromatic carbocycles. The van der Waals surface area contributed by atoms with E-state index in [-0.39, 0.29) is 18.0 Å². The van der Waals surface area contributed by atoms with Crippen LogP contribution in [0.1, 0.15) is 40.4 Å². The average molecular weight is 204 g/mol. The highest BCUT2D eigenvalue weighted by atomic mass is 16.1. The Morgan fingerprint density at radius 3 is 2.27 bits per heavy atom. The van der Waals surface area contributed by atoms with E-state index in [0.717, 1.165) is 16.7 Å². The Labute approximate surface area is 90.3 Å². The molecule has 1 rings (SSSR count). The van der Waals surface area contributed by atoms with Crippen LogP contribution in [0.3, 0.4) is 0 Å². The lowest BCUT2D eigenvalue weighted by Gasteiger charge is -2.08. The Morgan fingerprint density at radius 2 is 1.73 bits per heavy atom. The highest BCUT2D eigenvalue weighted by Gasteiger charge is 2.12. The molecule has 0 bridgehead atoms. The molecule has 0 saturated heterocycles. The molecule has 0 spiro atoms. The van der Waals surface area contributed by atoms with Crippen LogP contribution in [0.2, 0.25) is 0 Å². The molecule has 0 aromatic heterocycles. The summed E-state index contributed by atoms with van der Waals surface area (Å²) < 4.78 is 0. The molecule has 0 N–H and O–H groups in total. The van der Waals surface area contributed by atoms with Crippen molar-refractivity contribution in [2.45, 2.75) is 34.1 Å². The summed E-state index contributed by atoms with van der Waals surface area (Å²) in [7, 11) is 0. The number of benzene rings is 1. The Balaban J connectivity index is 3.13. The number of carbonyl (C=O) groups excluding carboxylic acids is 2. The average Bonchev–Trinajstić information content (AvgIpc) is 2.09. The fourth-order valence-electron chi connectivity index (χ4n) is 1.65. The monoisotopic (exact) mass is 204 g/mol. The van der Waals surface area contributed by atoms with E-state index in [1.54, 1.807) is 0 Å². The number of hydrogen-bond acceptors (Lipinski definition) is 2. The van der Waals surface area contributed by atoms with Crippen LogP contribution in [0, 0.1) is 20.8 Å². The minimum absolute atomic E-state index is 0.00370. The number of rotatable bonds is 3. The number of Topliss-reactive ketones (excluding diaryl/α,β-unsaturated/α-hetero) is 2. The lowest BCUT2D eigenvalue weighted by molar-refractivity contribution is -0.116. The normalized spacial score (nSPS) is 10.1. The van der Waals surface area contributed by atoms with Crippen LogP contribution in [-0.2, 0) is 4.79 Å². The molecule has 15 heavy (non-hydrogen) atoms. The van der Waals surface area contributed by atoms with Crippen molar-refractivity contribution in [2.24, 2.45) is 0 Å². The zero-order chi connectivity index (χ0) is 11.6. The van der Waals surface area contributed by atoms with Gasteiger partial charge in [0.1, 0.15) is 5.78 Å².